The zero-order chi connectivity index (χ0) is 15.7. The Balaban J connectivity index is 1.77. The molecule has 6 nitrogen and oxygen atoms in total. The van der Waals surface area contributed by atoms with Crippen molar-refractivity contribution in [2.75, 3.05) is 31.1 Å². The number of aromatic nitrogens is 2. The molecule has 0 amide bonds. The molecule has 0 aromatic carbocycles. The third-order valence-corrected chi connectivity index (χ3v) is 5.12. The van der Waals surface area contributed by atoms with Crippen LogP contribution in [0.3, 0.4) is 0 Å². The molecular formula is C15H20N4O2S. The second-order valence-electron chi connectivity index (χ2n) is 5.56. The molecule has 7 heteroatoms. The molecule has 3 heterocycles. The summed E-state index contributed by atoms with van der Waals surface area (Å²) in [6.07, 6.45) is 2.25. The molecule has 1 N–H and O–H groups in total. The Morgan fingerprint density at radius 3 is 2.73 bits per heavy atom. The third kappa shape index (κ3) is 2.78. The van der Waals surface area contributed by atoms with Crippen molar-refractivity contribution in [2.45, 2.75) is 26.3 Å². The lowest BCUT2D eigenvalue weighted by molar-refractivity contribution is -0.143. The Morgan fingerprint density at radius 2 is 2.09 bits per heavy atom. The van der Waals surface area contributed by atoms with E-state index in [1.54, 1.807) is 17.7 Å². The first-order chi connectivity index (χ1) is 10.6. The smallest absolute Gasteiger partial charge is 0.320 e. The number of nitrogens with zero attached hydrogens (tertiary/aromatic N) is 4. The van der Waals surface area contributed by atoms with E-state index in [1.165, 1.54) is 4.88 Å². The van der Waals surface area contributed by atoms with E-state index in [0.717, 1.165) is 42.2 Å². The maximum absolute atomic E-state index is 11.3. The molecule has 1 unspecified atom stereocenters. The molecule has 0 bridgehead atoms. The van der Waals surface area contributed by atoms with Crippen molar-refractivity contribution in [3.8, 4) is 0 Å². The molecule has 118 valence electrons. The predicted octanol–water partition coefficient (Wildman–Crippen LogP) is 1.98. The number of aliphatic carboxylic acids is 1. The SMILES string of the molecule is CCC(C(=O)O)N1CCN(c2ncnc3sc(C)cc23)CC1. The van der Waals surface area contributed by atoms with Crippen LogP contribution in [-0.2, 0) is 4.79 Å². The van der Waals surface area contributed by atoms with Gasteiger partial charge in [-0.1, -0.05) is 6.92 Å². The number of thiophene rings is 1. The van der Waals surface area contributed by atoms with E-state index in [-0.39, 0.29) is 6.04 Å². The number of carbonyl (C=O) groups is 1. The maximum Gasteiger partial charge on any atom is 0.320 e. The van der Waals surface area contributed by atoms with Crippen LogP contribution in [0.4, 0.5) is 5.82 Å². The molecule has 0 radical (unpaired) electrons. The molecule has 2 aromatic heterocycles. The molecule has 0 spiro atoms. The summed E-state index contributed by atoms with van der Waals surface area (Å²) in [5.74, 6) is 0.242. The van der Waals surface area contributed by atoms with Gasteiger partial charge in [-0.05, 0) is 19.4 Å². The van der Waals surface area contributed by atoms with Crippen molar-refractivity contribution in [3.05, 3.63) is 17.3 Å². The van der Waals surface area contributed by atoms with E-state index in [9.17, 15) is 9.90 Å². The monoisotopic (exact) mass is 320 g/mol. The lowest BCUT2D eigenvalue weighted by Gasteiger charge is -2.38. The van der Waals surface area contributed by atoms with Gasteiger partial charge >= 0.3 is 5.97 Å². The minimum Gasteiger partial charge on any atom is -0.480 e. The number of rotatable bonds is 4. The highest BCUT2D eigenvalue weighted by atomic mass is 32.1. The highest BCUT2D eigenvalue weighted by Gasteiger charge is 2.28. The summed E-state index contributed by atoms with van der Waals surface area (Å²) in [4.78, 5) is 26.6. The Bertz CT molecular complexity index is 679. The molecule has 22 heavy (non-hydrogen) atoms. The lowest BCUT2D eigenvalue weighted by atomic mass is 10.1. The van der Waals surface area contributed by atoms with Crippen LogP contribution >= 0.6 is 11.3 Å². The van der Waals surface area contributed by atoms with Crippen molar-refractivity contribution < 1.29 is 9.90 Å². The number of carboxylic acid groups (broad SMARTS) is 1. The number of hydrogen-bond acceptors (Lipinski definition) is 6. The van der Waals surface area contributed by atoms with Gasteiger partial charge in [-0.25, -0.2) is 9.97 Å². The van der Waals surface area contributed by atoms with Gasteiger partial charge in [0, 0.05) is 31.1 Å². The second-order valence-corrected chi connectivity index (χ2v) is 6.79. The minimum absolute atomic E-state index is 0.379. The van der Waals surface area contributed by atoms with Gasteiger partial charge in [-0.2, -0.15) is 0 Å². The van der Waals surface area contributed by atoms with Crippen LogP contribution < -0.4 is 4.90 Å². The van der Waals surface area contributed by atoms with E-state index in [2.05, 4.69) is 32.8 Å². The first-order valence-electron chi connectivity index (χ1n) is 7.53. The van der Waals surface area contributed by atoms with Gasteiger partial charge in [-0.3, -0.25) is 9.69 Å². The van der Waals surface area contributed by atoms with Crippen molar-refractivity contribution in [3.63, 3.8) is 0 Å². The number of hydrogen-bond donors (Lipinski definition) is 1. The summed E-state index contributed by atoms with van der Waals surface area (Å²) < 4.78 is 0. The van der Waals surface area contributed by atoms with Crippen molar-refractivity contribution in [1.29, 1.82) is 0 Å². The quantitative estimate of drug-likeness (QED) is 0.929. The van der Waals surface area contributed by atoms with E-state index < -0.39 is 5.97 Å². The van der Waals surface area contributed by atoms with E-state index in [0.29, 0.717) is 6.42 Å². The zero-order valence-electron chi connectivity index (χ0n) is 12.8. The molecule has 2 aromatic rings. The average Bonchev–Trinajstić information content (AvgIpc) is 2.88. The van der Waals surface area contributed by atoms with Gasteiger partial charge in [0.25, 0.3) is 0 Å². The average molecular weight is 320 g/mol. The Hall–Kier alpha value is -1.73. The number of piperazine rings is 1. The molecule has 0 saturated carbocycles. The Morgan fingerprint density at radius 1 is 1.36 bits per heavy atom. The largest absolute Gasteiger partial charge is 0.480 e. The minimum atomic E-state index is -0.728. The van der Waals surface area contributed by atoms with Gasteiger partial charge in [0.05, 0.1) is 5.39 Å². The van der Waals surface area contributed by atoms with Gasteiger partial charge in [0.1, 0.15) is 23.0 Å². The van der Waals surface area contributed by atoms with Crippen molar-refractivity contribution >= 4 is 33.3 Å². The summed E-state index contributed by atoms with van der Waals surface area (Å²) in [5, 5.41) is 10.4. The van der Waals surface area contributed by atoms with Crippen LogP contribution in [0.2, 0.25) is 0 Å². The van der Waals surface area contributed by atoms with Crippen LogP contribution in [0.25, 0.3) is 10.2 Å². The normalized spacial score (nSPS) is 17.8. The topological polar surface area (TPSA) is 69.6 Å². The molecule has 1 atom stereocenters. The number of fused-ring (bicyclic) bond motifs is 1. The standard InChI is InChI=1S/C15H20N4O2S/c1-3-12(15(20)21)18-4-6-19(7-5-18)13-11-8-10(2)22-14(11)17-9-16-13/h8-9,12H,3-7H2,1-2H3,(H,20,21). The van der Waals surface area contributed by atoms with Crippen LogP contribution in [0.15, 0.2) is 12.4 Å². The highest BCUT2D eigenvalue weighted by Crippen LogP contribution is 2.30. The molecule has 3 rings (SSSR count). The van der Waals surface area contributed by atoms with E-state index >= 15 is 0 Å². The highest BCUT2D eigenvalue weighted by molar-refractivity contribution is 7.18. The van der Waals surface area contributed by atoms with E-state index in [4.69, 9.17) is 0 Å². The molecule has 0 aliphatic carbocycles. The molecular weight excluding hydrogens is 300 g/mol. The fourth-order valence-electron chi connectivity index (χ4n) is 3.05. The number of anilines is 1. The molecule has 1 aliphatic heterocycles. The van der Waals surface area contributed by atoms with Crippen molar-refractivity contribution in [1.82, 2.24) is 14.9 Å². The van der Waals surface area contributed by atoms with Crippen LogP contribution in [0, 0.1) is 6.92 Å². The van der Waals surface area contributed by atoms with Crippen LogP contribution in [-0.4, -0.2) is 58.2 Å². The fourth-order valence-corrected chi connectivity index (χ4v) is 3.89. The van der Waals surface area contributed by atoms with Crippen LogP contribution in [0.5, 0.6) is 0 Å². The Kier molecular flexibility index (Phi) is 4.26. The molecule has 1 aliphatic rings. The summed E-state index contributed by atoms with van der Waals surface area (Å²) in [6, 6.07) is 1.75. The Labute approximate surface area is 133 Å². The predicted molar refractivity (Wildman–Crippen MR) is 87.7 cm³/mol. The summed E-state index contributed by atoms with van der Waals surface area (Å²) in [7, 11) is 0. The van der Waals surface area contributed by atoms with Gasteiger partial charge in [0.2, 0.25) is 0 Å². The number of aryl methyl sites for hydroxylation is 1. The first kappa shape index (κ1) is 15.2. The number of carboxylic acids is 1. The molecule has 1 fully saturated rings. The summed E-state index contributed by atoms with van der Waals surface area (Å²) >= 11 is 1.68. The van der Waals surface area contributed by atoms with Gasteiger partial charge in [0.15, 0.2) is 0 Å². The van der Waals surface area contributed by atoms with Gasteiger partial charge < -0.3 is 10.0 Å². The summed E-state index contributed by atoms with van der Waals surface area (Å²) in [5.41, 5.74) is 0. The first-order valence-corrected chi connectivity index (χ1v) is 8.34. The third-order valence-electron chi connectivity index (χ3n) is 4.16. The molecule has 1 saturated heterocycles. The van der Waals surface area contributed by atoms with E-state index in [1.807, 2.05) is 6.92 Å². The van der Waals surface area contributed by atoms with Gasteiger partial charge in [-0.15, -0.1) is 11.3 Å². The fraction of sp³-hybridized carbons (Fsp3) is 0.533. The summed E-state index contributed by atoms with van der Waals surface area (Å²) in [6.45, 7) is 7.09. The van der Waals surface area contributed by atoms with Crippen LogP contribution in [0.1, 0.15) is 18.2 Å². The van der Waals surface area contributed by atoms with Crippen molar-refractivity contribution in [2.24, 2.45) is 0 Å². The maximum atomic E-state index is 11.3. The second kappa shape index (κ2) is 6.18. The lowest BCUT2D eigenvalue weighted by Crippen LogP contribution is -2.52. The zero-order valence-corrected chi connectivity index (χ0v) is 13.6.